The normalized spacial score (nSPS) is 19.1. The van der Waals surface area contributed by atoms with Crippen molar-refractivity contribution in [1.29, 1.82) is 0 Å². The van der Waals surface area contributed by atoms with Crippen molar-refractivity contribution in [2.45, 2.75) is 13.3 Å². The van der Waals surface area contributed by atoms with Crippen LogP contribution in [0.3, 0.4) is 0 Å². The first-order chi connectivity index (χ1) is 8.52. The highest BCUT2D eigenvalue weighted by molar-refractivity contribution is 5.99. The summed E-state index contributed by atoms with van der Waals surface area (Å²) in [4.78, 5) is 24.2. The lowest BCUT2D eigenvalue weighted by atomic mass is 10.1. The molecule has 18 heavy (non-hydrogen) atoms. The van der Waals surface area contributed by atoms with Crippen LogP contribution in [0.1, 0.15) is 12.0 Å². The van der Waals surface area contributed by atoms with Crippen LogP contribution in [0.25, 0.3) is 0 Å². The summed E-state index contributed by atoms with van der Waals surface area (Å²) in [6.45, 7) is 2.12. The highest BCUT2D eigenvalue weighted by Crippen LogP contribution is 2.29. The summed E-state index contributed by atoms with van der Waals surface area (Å²) in [5, 5.41) is 8.93. The lowest BCUT2D eigenvalue weighted by Gasteiger charge is -2.17. The van der Waals surface area contributed by atoms with Gasteiger partial charge < -0.3 is 14.7 Å². The summed E-state index contributed by atoms with van der Waals surface area (Å²) in [5.41, 5.74) is 1.64. The maximum absolute atomic E-state index is 11.8. The van der Waals surface area contributed by atoms with E-state index in [1.807, 2.05) is 13.0 Å². The molecule has 5 heteroatoms. The van der Waals surface area contributed by atoms with Gasteiger partial charge in [-0.2, -0.15) is 0 Å². The Kier molecular flexibility index (Phi) is 3.23. The standard InChI is InChI=1S/C13H15NO4/c1-8-5-10(3-4-11(8)18-2)14-7-9(13(16)17)6-12(14)15/h3-5,9H,6-7H2,1-2H3,(H,16,17). The van der Waals surface area contributed by atoms with Gasteiger partial charge in [0.05, 0.1) is 13.0 Å². The fourth-order valence-electron chi connectivity index (χ4n) is 2.15. The number of anilines is 1. The second kappa shape index (κ2) is 4.68. The molecule has 96 valence electrons. The fraction of sp³-hybridized carbons (Fsp3) is 0.385. The van der Waals surface area contributed by atoms with Crippen molar-refractivity contribution in [1.82, 2.24) is 0 Å². The molecule has 1 fully saturated rings. The van der Waals surface area contributed by atoms with Crippen LogP contribution in [0.2, 0.25) is 0 Å². The number of methoxy groups -OCH3 is 1. The Labute approximate surface area is 105 Å². The van der Waals surface area contributed by atoms with Crippen LogP contribution in [-0.2, 0) is 9.59 Å². The average molecular weight is 249 g/mol. The van der Waals surface area contributed by atoms with Crippen LogP contribution < -0.4 is 9.64 Å². The molecule has 1 aliphatic heterocycles. The lowest BCUT2D eigenvalue weighted by molar-refractivity contribution is -0.141. The number of rotatable bonds is 3. The van der Waals surface area contributed by atoms with Crippen molar-refractivity contribution in [2.75, 3.05) is 18.6 Å². The Morgan fingerprint density at radius 1 is 1.50 bits per heavy atom. The first-order valence-corrected chi connectivity index (χ1v) is 5.70. The number of aliphatic carboxylic acids is 1. The smallest absolute Gasteiger partial charge is 0.308 e. The topological polar surface area (TPSA) is 66.8 Å². The van der Waals surface area contributed by atoms with Crippen molar-refractivity contribution in [3.63, 3.8) is 0 Å². The van der Waals surface area contributed by atoms with Gasteiger partial charge in [-0.25, -0.2) is 0 Å². The second-order valence-electron chi connectivity index (χ2n) is 4.40. The first-order valence-electron chi connectivity index (χ1n) is 5.70. The molecule has 0 bridgehead atoms. The summed E-state index contributed by atoms with van der Waals surface area (Å²) in [6.07, 6.45) is 0.0699. The minimum Gasteiger partial charge on any atom is -0.496 e. The Hall–Kier alpha value is -2.04. The number of aryl methyl sites for hydroxylation is 1. The van der Waals surface area contributed by atoms with Gasteiger partial charge in [0.15, 0.2) is 0 Å². The summed E-state index contributed by atoms with van der Waals surface area (Å²) in [7, 11) is 1.59. The molecular formula is C13H15NO4. The van der Waals surface area contributed by atoms with Gasteiger partial charge in [-0.3, -0.25) is 9.59 Å². The number of carboxylic acids is 1. The molecule has 1 atom stereocenters. The highest BCUT2D eigenvalue weighted by Gasteiger charge is 2.35. The van der Waals surface area contributed by atoms with Gasteiger partial charge in [-0.05, 0) is 30.7 Å². The molecular weight excluding hydrogens is 234 g/mol. The van der Waals surface area contributed by atoms with Gasteiger partial charge in [0.1, 0.15) is 5.75 Å². The number of carboxylic acid groups (broad SMARTS) is 1. The summed E-state index contributed by atoms with van der Waals surface area (Å²) in [5.74, 6) is -0.928. The van der Waals surface area contributed by atoms with Crippen molar-refractivity contribution in [2.24, 2.45) is 5.92 Å². The monoisotopic (exact) mass is 249 g/mol. The summed E-state index contributed by atoms with van der Waals surface area (Å²) < 4.78 is 5.15. The van der Waals surface area contributed by atoms with E-state index in [1.54, 1.807) is 19.2 Å². The number of carbonyl (C=O) groups excluding carboxylic acids is 1. The van der Waals surface area contributed by atoms with Gasteiger partial charge in [0, 0.05) is 18.7 Å². The Balaban J connectivity index is 2.24. The molecule has 1 amide bonds. The van der Waals surface area contributed by atoms with Gasteiger partial charge >= 0.3 is 5.97 Å². The quantitative estimate of drug-likeness (QED) is 0.880. The van der Waals surface area contributed by atoms with Crippen molar-refractivity contribution in [3.05, 3.63) is 23.8 Å². The largest absolute Gasteiger partial charge is 0.496 e. The minimum atomic E-state index is -0.920. The van der Waals surface area contributed by atoms with Gasteiger partial charge in [0.25, 0.3) is 0 Å². The zero-order chi connectivity index (χ0) is 13.3. The predicted molar refractivity (Wildman–Crippen MR) is 65.8 cm³/mol. The van der Waals surface area contributed by atoms with Crippen molar-refractivity contribution in [3.8, 4) is 5.75 Å². The van der Waals surface area contributed by atoms with E-state index in [0.717, 1.165) is 17.0 Å². The predicted octanol–water partition coefficient (Wildman–Crippen LogP) is 1.44. The molecule has 2 rings (SSSR count). The molecule has 1 heterocycles. The maximum atomic E-state index is 11.8. The number of ether oxygens (including phenoxy) is 1. The zero-order valence-electron chi connectivity index (χ0n) is 10.3. The molecule has 5 nitrogen and oxygen atoms in total. The number of hydrogen-bond acceptors (Lipinski definition) is 3. The fourth-order valence-corrected chi connectivity index (χ4v) is 2.15. The molecule has 1 saturated heterocycles. The molecule has 0 spiro atoms. The molecule has 0 aromatic heterocycles. The molecule has 0 saturated carbocycles. The van der Waals surface area contributed by atoms with Crippen molar-refractivity contribution < 1.29 is 19.4 Å². The molecule has 0 radical (unpaired) electrons. The first kappa shape index (κ1) is 12.4. The average Bonchev–Trinajstić information content (AvgIpc) is 2.71. The SMILES string of the molecule is COc1ccc(N2CC(C(=O)O)CC2=O)cc1C. The van der Waals surface area contributed by atoms with Crippen LogP contribution >= 0.6 is 0 Å². The van der Waals surface area contributed by atoms with E-state index in [-0.39, 0.29) is 18.9 Å². The van der Waals surface area contributed by atoms with Gasteiger partial charge in [0.2, 0.25) is 5.91 Å². The van der Waals surface area contributed by atoms with Crippen LogP contribution in [0, 0.1) is 12.8 Å². The number of carbonyl (C=O) groups is 2. The third-order valence-electron chi connectivity index (χ3n) is 3.16. The van der Waals surface area contributed by atoms with Crippen molar-refractivity contribution >= 4 is 17.6 Å². The van der Waals surface area contributed by atoms with E-state index in [4.69, 9.17) is 9.84 Å². The summed E-state index contributed by atoms with van der Waals surface area (Å²) in [6, 6.07) is 5.39. The Morgan fingerprint density at radius 3 is 2.72 bits per heavy atom. The van der Waals surface area contributed by atoms with E-state index in [0.29, 0.717) is 0 Å². The molecule has 1 N–H and O–H groups in total. The molecule has 0 aliphatic carbocycles. The van der Waals surface area contributed by atoms with Crippen LogP contribution in [0.15, 0.2) is 18.2 Å². The third kappa shape index (κ3) is 2.16. The number of hydrogen-bond donors (Lipinski definition) is 1. The maximum Gasteiger partial charge on any atom is 0.308 e. The van der Waals surface area contributed by atoms with Gasteiger partial charge in [-0.15, -0.1) is 0 Å². The Bertz CT molecular complexity index is 498. The Morgan fingerprint density at radius 2 is 2.22 bits per heavy atom. The van der Waals surface area contributed by atoms with Crippen LogP contribution in [0.4, 0.5) is 5.69 Å². The second-order valence-corrected chi connectivity index (χ2v) is 4.40. The van der Waals surface area contributed by atoms with Crippen LogP contribution in [0.5, 0.6) is 5.75 Å². The van der Waals surface area contributed by atoms with E-state index < -0.39 is 11.9 Å². The number of benzene rings is 1. The van der Waals surface area contributed by atoms with E-state index in [9.17, 15) is 9.59 Å². The molecule has 1 aliphatic rings. The zero-order valence-corrected chi connectivity index (χ0v) is 10.3. The third-order valence-corrected chi connectivity index (χ3v) is 3.16. The molecule has 1 aromatic carbocycles. The highest BCUT2D eigenvalue weighted by atomic mass is 16.5. The van der Waals surface area contributed by atoms with E-state index >= 15 is 0 Å². The minimum absolute atomic E-state index is 0.0699. The van der Waals surface area contributed by atoms with E-state index in [1.165, 1.54) is 4.90 Å². The molecule has 1 unspecified atom stereocenters. The number of amides is 1. The molecule has 1 aromatic rings. The van der Waals surface area contributed by atoms with E-state index in [2.05, 4.69) is 0 Å². The number of nitrogens with zero attached hydrogens (tertiary/aromatic N) is 1. The van der Waals surface area contributed by atoms with Gasteiger partial charge in [-0.1, -0.05) is 0 Å². The lowest BCUT2D eigenvalue weighted by Crippen LogP contribution is -2.25. The summed E-state index contributed by atoms with van der Waals surface area (Å²) >= 11 is 0. The van der Waals surface area contributed by atoms with Crippen LogP contribution in [-0.4, -0.2) is 30.6 Å².